The van der Waals surface area contributed by atoms with Gasteiger partial charge in [0, 0.05) is 31.6 Å². The minimum Gasteiger partial charge on any atom is -0.493 e. The molecule has 1 aliphatic heterocycles. The van der Waals surface area contributed by atoms with Crippen LogP contribution < -0.4 is 15.4 Å². The van der Waals surface area contributed by atoms with Crippen LogP contribution in [0.25, 0.3) is 0 Å². The number of para-hydroxylation sites is 1. The lowest BCUT2D eigenvalue weighted by Crippen LogP contribution is -2.32. The number of fused-ring (bicyclic) bond motifs is 1. The van der Waals surface area contributed by atoms with Crippen molar-refractivity contribution in [3.05, 3.63) is 29.3 Å². The molecule has 1 amide bonds. The van der Waals surface area contributed by atoms with E-state index in [4.69, 9.17) is 4.74 Å². The highest BCUT2D eigenvalue weighted by Crippen LogP contribution is 2.33. The van der Waals surface area contributed by atoms with Gasteiger partial charge in [0.15, 0.2) is 0 Å². The molecular weight excluding hydrogens is 240 g/mol. The van der Waals surface area contributed by atoms with Gasteiger partial charge < -0.3 is 15.4 Å². The van der Waals surface area contributed by atoms with E-state index >= 15 is 0 Å². The Kier molecular flexibility index (Phi) is 4.80. The van der Waals surface area contributed by atoms with Gasteiger partial charge in [-0.1, -0.05) is 18.2 Å². The first-order chi connectivity index (χ1) is 9.18. The van der Waals surface area contributed by atoms with Gasteiger partial charge in [-0.15, -0.1) is 0 Å². The number of nitrogens with one attached hydrogen (secondary N) is 2. The van der Waals surface area contributed by atoms with Crippen molar-refractivity contribution >= 4 is 5.91 Å². The summed E-state index contributed by atoms with van der Waals surface area (Å²) in [7, 11) is 0. The van der Waals surface area contributed by atoms with E-state index in [0.717, 1.165) is 31.7 Å². The summed E-state index contributed by atoms with van der Waals surface area (Å²) in [6.45, 7) is 5.84. The zero-order valence-electron chi connectivity index (χ0n) is 11.7. The maximum absolute atomic E-state index is 10.8. The highest BCUT2D eigenvalue weighted by molar-refractivity contribution is 5.72. The van der Waals surface area contributed by atoms with Crippen molar-refractivity contribution in [2.75, 3.05) is 19.7 Å². The summed E-state index contributed by atoms with van der Waals surface area (Å²) < 4.78 is 5.84. The van der Waals surface area contributed by atoms with Gasteiger partial charge in [-0.25, -0.2) is 0 Å². The number of amides is 1. The quantitative estimate of drug-likeness (QED) is 0.815. The van der Waals surface area contributed by atoms with Crippen LogP contribution >= 0.6 is 0 Å². The Bertz CT molecular complexity index is 446. The van der Waals surface area contributed by atoms with Gasteiger partial charge in [-0.3, -0.25) is 4.79 Å². The highest BCUT2D eigenvalue weighted by Gasteiger charge is 2.20. The van der Waals surface area contributed by atoms with Gasteiger partial charge in [0.25, 0.3) is 0 Å². The number of ether oxygens (including phenoxy) is 1. The van der Waals surface area contributed by atoms with Crippen LogP contribution in [0.5, 0.6) is 5.75 Å². The van der Waals surface area contributed by atoms with Gasteiger partial charge in [-0.2, -0.15) is 0 Å². The van der Waals surface area contributed by atoms with E-state index in [1.54, 1.807) is 0 Å². The lowest BCUT2D eigenvalue weighted by Gasteiger charge is -2.19. The number of benzene rings is 1. The molecule has 1 atom stereocenters. The second-order valence-corrected chi connectivity index (χ2v) is 4.97. The number of carbonyl (C=O) groups excluding carboxylic acids is 1. The first-order valence-corrected chi connectivity index (χ1v) is 6.88. The smallest absolute Gasteiger partial charge is 0.216 e. The van der Waals surface area contributed by atoms with E-state index in [1.165, 1.54) is 18.1 Å². The Morgan fingerprint density at radius 2 is 2.26 bits per heavy atom. The molecule has 19 heavy (non-hydrogen) atoms. The van der Waals surface area contributed by atoms with Crippen LogP contribution in [-0.2, 0) is 4.79 Å². The number of hydrogen-bond acceptors (Lipinski definition) is 3. The summed E-state index contributed by atoms with van der Waals surface area (Å²) in [4.78, 5) is 10.8. The van der Waals surface area contributed by atoms with Gasteiger partial charge in [0.2, 0.25) is 5.91 Å². The van der Waals surface area contributed by atoms with Crippen LogP contribution in [0.2, 0.25) is 0 Å². The fraction of sp³-hybridized carbons (Fsp3) is 0.533. The predicted molar refractivity (Wildman–Crippen MR) is 75.3 cm³/mol. The van der Waals surface area contributed by atoms with E-state index in [9.17, 15) is 4.79 Å². The summed E-state index contributed by atoms with van der Waals surface area (Å²) in [6, 6.07) is 6.60. The number of aryl methyl sites for hydroxylation is 1. The van der Waals surface area contributed by atoms with E-state index < -0.39 is 0 Å². The molecule has 4 nitrogen and oxygen atoms in total. The second-order valence-electron chi connectivity index (χ2n) is 4.97. The SMILES string of the molecule is CC(=O)NCCNC1CCCOc2c(C)cccc21. The summed E-state index contributed by atoms with van der Waals surface area (Å²) in [5.74, 6) is 1.04. The average molecular weight is 262 g/mol. The third-order valence-corrected chi connectivity index (χ3v) is 3.39. The van der Waals surface area contributed by atoms with E-state index in [2.05, 4.69) is 35.8 Å². The molecule has 2 rings (SSSR count). The van der Waals surface area contributed by atoms with Gasteiger partial charge in [0.1, 0.15) is 5.75 Å². The van der Waals surface area contributed by atoms with Crippen LogP contribution in [0, 0.1) is 6.92 Å². The number of rotatable bonds is 4. The van der Waals surface area contributed by atoms with Gasteiger partial charge in [0.05, 0.1) is 6.61 Å². The molecule has 1 unspecified atom stereocenters. The Hall–Kier alpha value is -1.55. The third-order valence-electron chi connectivity index (χ3n) is 3.39. The highest BCUT2D eigenvalue weighted by atomic mass is 16.5. The van der Waals surface area contributed by atoms with Crippen molar-refractivity contribution in [3.8, 4) is 5.75 Å². The number of hydrogen-bond donors (Lipinski definition) is 2. The third kappa shape index (κ3) is 3.70. The zero-order chi connectivity index (χ0) is 13.7. The number of carbonyl (C=O) groups is 1. The molecule has 1 aliphatic rings. The normalized spacial score (nSPS) is 18.1. The minimum atomic E-state index is 0.0160. The van der Waals surface area contributed by atoms with Crippen LogP contribution in [0.1, 0.15) is 36.9 Å². The monoisotopic (exact) mass is 262 g/mol. The molecule has 1 aromatic rings. The van der Waals surface area contributed by atoms with Gasteiger partial charge >= 0.3 is 0 Å². The fourth-order valence-corrected chi connectivity index (χ4v) is 2.46. The van der Waals surface area contributed by atoms with Crippen molar-refractivity contribution in [1.82, 2.24) is 10.6 Å². The maximum Gasteiger partial charge on any atom is 0.216 e. The molecule has 2 N–H and O–H groups in total. The largest absolute Gasteiger partial charge is 0.493 e. The summed E-state index contributed by atoms with van der Waals surface area (Å²) >= 11 is 0. The maximum atomic E-state index is 10.8. The van der Waals surface area contributed by atoms with Crippen LogP contribution in [0.4, 0.5) is 0 Å². The summed E-state index contributed by atoms with van der Waals surface area (Å²) in [5, 5.41) is 6.31. The molecule has 0 fully saturated rings. The summed E-state index contributed by atoms with van der Waals surface area (Å²) in [5.41, 5.74) is 2.42. The predicted octanol–water partition coefficient (Wildman–Crippen LogP) is 1.93. The zero-order valence-corrected chi connectivity index (χ0v) is 11.7. The molecule has 0 saturated heterocycles. The lowest BCUT2D eigenvalue weighted by atomic mass is 10.00. The molecule has 1 aromatic carbocycles. The van der Waals surface area contributed by atoms with Crippen molar-refractivity contribution < 1.29 is 9.53 Å². The van der Waals surface area contributed by atoms with Crippen molar-refractivity contribution in [3.63, 3.8) is 0 Å². The van der Waals surface area contributed by atoms with Crippen molar-refractivity contribution in [1.29, 1.82) is 0 Å². The Balaban J connectivity index is 2.01. The average Bonchev–Trinajstić information content (AvgIpc) is 2.58. The molecular formula is C15H22N2O2. The first kappa shape index (κ1) is 13.9. The van der Waals surface area contributed by atoms with Crippen LogP contribution in [0.15, 0.2) is 18.2 Å². The molecule has 0 bridgehead atoms. The minimum absolute atomic E-state index is 0.0160. The molecule has 0 saturated carbocycles. The first-order valence-electron chi connectivity index (χ1n) is 6.88. The fourth-order valence-electron chi connectivity index (χ4n) is 2.46. The molecule has 0 aliphatic carbocycles. The molecule has 4 heteroatoms. The summed E-state index contributed by atoms with van der Waals surface area (Å²) in [6.07, 6.45) is 2.11. The standard InChI is InChI=1S/C15H22N2O2/c1-11-5-3-6-13-14(7-4-10-19-15(11)13)17-9-8-16-12(2)18/h3,5-6,14,17H,4,7-10H2,1-2H3,(H,16,18). The van der Waals surface area contributed by atoms with Crippen molar-refractivity contribution in [2.45, 2.75) is 32.7 Å². The Labute approximate surface area is 114 Å². The molecule has 1 heterocycles. The Morgan fingerprint density at radius 3 is 3.05 bits per heavy atom. The van der Waals surface area contributed by atoms with Crippen molar-refractivity contribution in [2.24, 2.45) is 0 Å². The Morgan fingerprint density at radius 1 is 1.42 bits per heavy atom. The molecule has 0 aromatic heterocycles. The van der Waals surface area contributed by atoms with E-state index in [0.29, 0.717) is 12.6 Å². The van der Waals surface area contributed by atoms with E-state index in [1.807, 2.05) is 0 Å². The topological polar surface area (TPSA) is 50.4 Å². The van der Waals surface area contributed by atoms with Gasteiger partial charge in [-0.05, 0) is 25.3 Å². The molecule has 0 radical (unpaired) electrons. The van der Waals surface area contributed by atoms with Crippen LogP contribution in [0.3, 0.4) is 0 Å². The van der Waals surface area contributed by atoms with E-state index in [-0.39, 0.29) is 5.91 Å². The van der Waals surface area contributed by atoms with Crippen LogP contribution in [-0.4, -0.2) is 25.6 Å². The molecule has 0 spiro atoms. The second kappa shape index (κ2) is 6.57. The molecule has 104 valence electrons. The lowest BCUT2D eigenvalue weighted by molar-refractivity contribution is -0.118.